The Bertz CT molecular complexity index is 450. The number of ether oxygens (including phenoxy) is 1. The number of hydrogen-bond acceptors (Lipinski definition) is 2. The Kier molecular flexibility index (Phi) is 5.27. The van der Waals surface area contributed by atoms with E-state index in [1.54, 1.807) is 0 Å². The molecule has 0 radical (unpaired) electrons. The molecule has 0 bridgehead atoms. The standard InChI is InChI=1S/C17H26BrNO/c1-5-17(4)15(11-16(17)20-6-2)19-12(3)13-8-7-9-14(18)10-13/h7-10,12,15-16,19H,5-6,11H2,1-4H3/t12-,15?,16?,17?/m1/s1. The number of rotatable bonds is 6. The maximum atomic E-state index is 5.87. The highest BCUT2D eigenvalue weighted by Gasteiger charge is 2.51. The first-order valence-corrected chi connectivity index (χ1v) is 8.43. The molecule has 1 aliphatic carbocycles. The molecule has 3 unspecified atom stereocenters. The second-order valence-electron chi connectivity index (χ2n) is 6.04. The molecule has 1 saturated carbocycles. The number of nitrogens with one attached hydrogen (secondary N) is 1. The van der Waals surface area contributed by atoms with E-state index in [2.05, 4.69) is 73.2 Å². The maximum absolute atomic E-state index is 5.87. The van der Waals surface area contributed by atoms with Gasteiger partial charge in [-0.05, 0) is 44.4 Å². The molecule has 1 aromatic rings. The van der Waals surface area contributed by atoms with Gasteiger partial charge in [0.1, 0.15) is 0 Å². The van der Waals surface area contributed by atoms with Gasteiger partial charge in [0, 0.05) is 28.6 Å². The van der Waals surface area contributed by atoms with Gasteiger partial charge in [0.25, 0.3) is 0 Å². The van der Waals surface area contributed by atoms with E-state index in [0.29, 0.717) is 18.2 Å². The summed E-state index contributed by atoms with van der Waals surface area (Å²) in [7, 11) is 0. The molecule has 20 heavy (non-hydrogen) atoms. The van der Waals surface area contributed by atoms with E-state index in [-0.39, 0.29) is 5.41 Å². The molecule has 3 heteroatoms. The van der Waals surface area contributed by atoms with Crippen LogP contribution >= 0.6 is 15.9 Å². The van der Waals surface area contributed by atoms with Crippen molar-refractivity contribution in [2.45, 2.75) is 58.7 Å². The third-order valence-corrected chi connectivity index (χ3v) is 5.40. The highest BCUT2D eigenvalue weighted by Crippen LogP contribution is 2.46. The van der Waals surface area contributed by atoms with Gasteiger partial charge in [0.05, 0.1) is 6.10 Å². The van der Waals surface area contributed by atoms with Gasteiger partial charge in [-0.1, -0.05) is 41.9 Å². The first-order chi connectivity index (χ1) is 9.51. The molecule has 1 fully saturated rings. The Labute approximate surface area is 131 Å². The molecule has 112 valence electrons. The smallest absolute Gasteiger partial charge is 0.0658 e. The van der Waals surface area contributed by atoms with Crippen molar-refractivity contribution in [2.75, 3.05) is 6.61 Å². The molecule has 0 amide bonds. The van der Waals surface area contributed by atoms with Gasteiger partial charge in [0.2, 0.25) is 0 Å². The van der Waals surface area contributed by atoms with Gasteiger partial charge in [-0.25, -0.2) is 0 Å². The van der Waals surface area contributed by atoms with Crippen molar-refractivity contribution in [1.82, 2.24) is 5.32 Å². The monoisotopic (exact) mass is 339 g/mol. The predicted octanol–water partition coefficient (Wildman–Crippen LogP) is 4.69. The summed E-state index contributed by atoms with van der Waals surface area (Å²) < 4.78 is 7.01. The van der Waals surface area contributed by atoms with Crippen LogP contribution in [0.25, 0.3) is 0 Å². The van der Waals surface area contributed by atoms with Crippen LogP contribution in [0.1, 0.15) is 52.1 Å². The van der Waals surface area contributed by atoms with Crippen LogP contribution in [0.4, 0.5) is 0 Å². The molecule has 0 spiro atoms. The molecule has 2 rings (SSSR count). The normalized spacial score (nSPS) is 30.9. The van der Waals surface area contributed by atoms with E-state index in [4.69, 9.17) is 4.74 Å². The molecule has 0 heterocycles. The van der Waals surface area contributed by atoms with Gasteiger partial charge in [-0.3, -0.25) is 0 Å². The zero-order valence-corrected chi connectivity index (χ0v) is 14.5. The SMILES string of the molecule is CCOC1CC(N[C@H](C)c2cccc(Br)c2)C1(C)CC. The summed E-state index contributed by atoms with van der Waals surface area (Å²) >= 11 is 3.55. The van der Waals surface area contributed by atoms with Crippen LogP contribution in [-0.2, 0) is 4.74 Å². The minimum atomic E-state index is 0.260. The number of hydrogen-bond donors (Lipinski definition) is 1. The van der Waals surface area contributed by atoms with Crippen molar-refractivity contribution in [3.63, 3.8) is 0 Å². The molecular formula is C17H26BrNO. The Hall–Kier alpha value is -0.380. The van der Waals surface area contributed by atoms with Gasteiger partial charge < -0.3 is 10.1 Å². The molecule has 0 aliphatic heterocycles. The summed E-state index contributed by atoms with van der Waals surface area (Å²) in [6.45, 7) is 9.76. The predicted molar refractivity (Wildman–Crippen MR) is 87.9 cm³/mol. The Morgan fingerprint density at radius 3 is 2.80 bits per heavy atom. The topological polar surface area (TPSA) is 21.3 Å². The van der Waals surface area contributed by atoms with Crippen molar-refractivity contribution < 1.29 is 4.74 Å². The van der Waals surface area contributed by atoms with Gasteiger partial charge in [-0.2, -0.15) is 0 Å². The van der Waals surface area contributed by atoms with Crippen molar-refractivity contribution in [2.24, 2.45) is 5.41 Å². The minimum Gasteiger partial charge on any atom is -0.378 e. The van der Waals surface area contributed by atoms with Gasteiger partial charge in [0.15, 0.2) is 0 Å². The molecule has 1 aromatic carbocycles. The van der Waals surface area contributed by atoms with Crippen LogP contribution in [0.15, 0.2) is 28.7 Å². The van der Waals surface area contributed by atoms with Crippen LogP contribution in [-0.4, -0.2) is 18.8 Å². The van der Waals surface area contributed by atoms with Crippen molar-refractivity contribution in [3.05, 3.63) is 34.3 Å². The summed E-state index contributed by atoms with van der Waals surface area (Å²) in [5.41, 5.74) is 1.59. The second-order valence-corrected chi connectivity index (χ2v) is 6.95. The average molecular weight is 340 g/mol. The summed E-state index contributed by atoms with van der Waals surface area (Å²) in [5, 5.41) is 3.79. The van der Waals surface area contributed by atoms with Crippen LogP contribution < -0.4 is 5.32 Å². The van der Waals surface area contributed by atoms with Gasteiger partial charge in [-0.15, -0.1) is 0 Å². The first-order valence-electron chi connectivity index (χ1n) is 7.64. The van der Waals surface area contributed by atoms with E-state index >= 15 is 0 Å². The lowest BCUT2D eigenvalue weighted by atomic mass is 9.61. The summed E-state index contributed by atoms with van der Waals surface area (Å²) in [6.07, 6.45) is 2.68. The van der Waals surface area contributed by atoms with Crippen molar-refractivity contribution in [3.8, 4) is 0 Å². The molecule has 0 saturated heterocycles. The maximum Gasteiger partial charge on any atom is 0.0658 e. The molecule has 1 aliphatic rings. The Morgan fingerprint density at radius 1 is 1.45 bits per heavy atom. The van der Waals surface area contributed by atoms with Crippen LogP contribution in [0.3, 0.4) is 0 Å². The lowest BCUT2D eigenvalue weighted by Crippen LogP contribution is -2.62. The lowest BCUT2D eigenvalue weighted by molar-refractivity contribution is -0.127. The summed E-state index contributed by atoms with van der Waals surface area (Å²) in [4.78, 5) is 0. The fourth-order valence-corrected chi connectivity index (χ4v) is 3.60. The molecular weight excluding hydrogens is 314 g/mol. The Balaban J connectivity index is 2.00. The summed E-state index contributed by atoms with van der Waals surface area (Å²) in [6, 6.07) is 9.45. The van der Waals surface area contributed by atoms with Crippen molar-refractivity contribution in [1.29, 1.82) is 0 Å². The minimum absolute atomic E-state index is 0.260. The second kappa shape index (κ2) is 6.59. The zero-order chi connectivity index (χ0) is 14.8. The van der Waals surface area contributed by atoms with Crippen molar-refractivity contribution >= 4 is 15.9 Å². The lowest BCUT2D eigenvalue weighted by Gasteiger charge is -2.54. The third-order valence-electron chi connectivity index (χ3n) is 4.91. The fraction of sp³-hybridized carbons (Fsp3) is 0.647. The largest absolute Gasteiger partial charge is 0.378 e. The quantitative estimate of drug-likeness (QED) is 0.811. The van der Waals surface area contributed by atoms with E-state index in [1.165, 1.54) is 5.56 Å². The van der Waals surface area contributed by atoms with Crippen LogP contribution in [0, 0.1) is 5.41 Å². The number of halogens is 1. The van der Waals surface area contributed by atoms with Crippen LogP contribution in [0.5, 0.6) is 0 Å². The molecule has 1 N–H and O–H groups in total. The number of benzene rings is 1. The van der Waals surface area contributed by atoms with E-state index in [0.717, 1.165) is 23.9 Å². The van der Waals surface area contributed by atoms with E-state index in [9.17, 15) is 0 Å². The zero-order valence-electron chi connectivity index (χ0n) is 12.9. The van der Waals surface area contributed by atoms with Crippen LogP contribution in [0.2, 0.25) is 0 Å². The van der Waals surface area contributed by atoms with Gasteiger partial charge >= 0.3 is 0 Å². The van der Waals surface area contributed by atoms with E-state index < -0.39 is 0 Å². The Morgan fingerprint density at radius 2 is 2.20 bits per heavy atom. The summed E-state index contributed by atoms with van der Waals surface area (Å²) in [5.74, 6) is 0. The first kappa shape index (κ1) is 16.0. The highest BCUT2D eigenvalue weighted by atomic mass is 79.9. The van der Waals surface area contributed by atoms with E-state index in [1.807, 2.05) is 0 Å². The molecule has 4 atom stereocenters. The highest BCUT2D eigenvalue weighted by molar-refractivity contribution is 9.10. The fourth-order valence-electron chi connectivity index (χ4n) is 3.18. The molecule has 0 aromatic heterocycles. The molecule has 2 nitrogen and oxygen atoms in total. The average Bonchev–Trinajstić information content (AvgIpc) is 2.45. The third kappa shape index (κ3) is 3.10.